The quantitative estimate of drug-likeness (QED) is 0.407. The zero-order valence-corrected chi connectivity index (χ0v) is 22.6. The Morgan fingerprint density at radius 3 is 2.36 bits per heavy atom. The third kappa shape index (κ3) is 8.04. The van der Waals surface area contributed by atoms with Gasteiger partial charge in [0.25, 0.3) is 5.91 Å². The van der Waals surface area contributed by atoms with Crippen molar-refractivity contribution in [2.24, 2.45) is 0 Å². The molecule has 0 radical (unpaired) electrons. The van der Waals surface area contributed by atoms with E-state index in [0.29, 0.717) is 23.1 Å². The van der Waals surface area contributed by atoms with Gasteiger partial charge in [0.2, 0.25) is 5.91 Å². The van der Waals surface area contributed by atoms with E-state index in [-0.39, 0.29) is 25.0 Å². The van der Waals surface area contributed by atoms with Crippen molar-refractivity contribution in [1.82, 2.24) is 10.2 Å². The molecule has 2 amide bonds. The summed E-state index contributed by atoms with van der Waals surface area (Å²) in [6.45, 7) is 11.9. The van der Waals surface area contributed by atoms with Crippen LogP contribution in [0, 0.1) is 0 Å². The molecule has 33 heavy (non-hydrogen) atoms. The molecule has 1 atom stereocenters. The average molecular weight is 538 g/mol. The van der Waals surface area contributed by atoms with Crippen molar-refractivity contribution >= 4 is 39.3 Å². The van der Waals surface area contributed by atoms with E-state index in [1.165, 1.54) is 5.56 Å². The number of carbonyl (C=O) groups excluding carboxylic acids is 2. The van der Waals surface area contributed by atoms with Crippen LogP contribution in [-0.4, -0.2) is 34.9 Å². The van der Waals surface area contributed by atoms with E-state index in [0.717, 1.165) is 10.0 Å². The Kier molecular flexibility index (Phi) is 9.80. The van der Waals surface area contributed by atoms with Gasteiger partial charge in [-0.2, -0.15) is 0 Å². The monoisotopic (exact) mass is 536 g/mol. The fourth-order valence-electron chi connectivity index (χ4n) is 3.40. The first-order valence-corrected chi connectivity index (χ1v) is 12.4. The summed E-state index contributed by atoms with van der Waals surface area (Å²) in [4.78, 5) is 28.0. The lowest BCUT2D eigenvalue weighted by molar-refractivity contribution is -0.143. The summed E-state index contributed by atoms with van der Waals surface area (Å²) in [5.74, 6) is 0.478. The maximum Gasteiger partial charge on any atom is 0.261 e. The molecule has 0 heterocycles. The van der Waals surface area contributed by atoms with Crippen molar-refractivity contribution in [3.05, 3.63) is 63.1 Å². The fraction of sp³-hybridized carbons (Fsp3) is 0.462. The maximum absolute atomic E-state index is 13.4. The van der Waals surface area contributed by atoms with E-state index in [9.17, 15) is 9.59 Å². The number of rotatable bonds is 9. The summed E-state index contributed by atoms with van der Waals surface area (Å²) in [5.41, 5.74) is 1.53. The van der Waals surface area contributed by atoms with Gasteiger partial charge < -0.3 is 15.0 Å². The van der Waals surface area contributed by atoms with Crippen LogP contribution in [0.4, 0.5) is 0 Å². The van der Waals surface area contributed by atoms with Gasteiger partial charge in [0.15, 0.2) is 6.61 Å². The van der Waals surface area contributed by atoms with Crippen LogP contribution in [0.3, 0.4) is 0 Å². The first-order valence-electron chi connectivity index (χ1n) is 11.2. The Hall–Kier alpha value is -2.05. The molecule has 5 nitrogen and oxygen atoms in total. The van der Waals surface area contributed by atoms with Crippen LogP contribution in [0.1, 0.15) is 65.0 Å². The number of ether oxygens (including phenoxy) is 1. The Bertz CT molecular complexity index is 972. The molecule has 7 heteroatoms. The molecule has 2 rings (SSSR count). The van der Waals surface area contributed by atoms with Crippen LogP contribution in [0.2, 0.25) is 5.02 Å². The van der Waals surface area contributed by atoms with Gasteiger partial charge in [0, 0.05) is 17.1 Å². The minimum Gasteiger partial charge on any atom is -0.483 e. The second-order valence-corrected chi connectivity index (χ2v) is 10.7. The van der Waals surface area contributed by atoms with Crippen molar-refractivity contribution in [2.45, 2.75) is 72.0 Å². The van der Waals surface area contributed by atoms with Crippen molar-refractivity contribution in [3.63, 3.8) is 0 Å². The zero-order chi connectivity index (χ0) is 24.8. The molecule has 0 aliphatic carbocycles. The van der Waals surface area contributed by atoms with Gasteiger partial charge in [-0.1, -0.05) is 56.6 Å². The standard InChI is InChI=1S/C26H34BrClN2O3/c1-7-22(25(32)29-26(4,5)6)30(15-19-10-8-9-11-21(19)28)24(31)16-33-23-13-12-18(17(2)3)14-20(23)27/h8-14,17,22H,7,15-16H2,1-6H3,(H,29,32)/t22-/m0/s1. The molecule has 0 unspecified atom stereocenters. The van der Waals surface area contributed by atoms with Crippen molar-refractivity contribution < 1.29 is 14.3 Å². The molecule has 2 aromatic carbocycles. The Morgan fingerprint density at radius 2 is 1.82 bits per heavy atom. The molecule has 1 N–H and O–H groups in total. The van der Waals surface area contributed by atoms with Gasteiger partial charge in [0.1, 0.15) is 11.8 Å². The van der Waals surface area contributed by atoms with Crippen molar-refractivity contribution in [2.75, 3.05) is 6.61 Å². The van der Waals surface area contributed by atoms with Gasteiger partial charge in [-0.25, -0.2) is 0 Å². The number of hydrogen-bond acceptors (Lipinski definition) is 3. The lowest BCUT2D eigenvalue weighted by Gasteiger charge is -2.33. The lowest BCUT2D eigenvalue weighted by atomic mass is 10.0. The zero-order valence-electron chi connectivity index (χ0n) is 20.2. The first kappa shape index (κ1) is 27.2. The minimum atomic E-state index is -0.650. The van der Waals surface area contributed by atoms with E-state index < -0.39 is 11.6 Å². The van der Waals surface area contributed by atoms with Crippen LogP contribution >= 0.6 is 27.5 Å². The average Bonchev–Trinajstić information content (AvgIpc) is 2.72. The first-order chi connectivity index (χ1) is 15.4. The van der Waals surface area contributed by atoms with Gasteiger partial charge >= 0.3 is 0 Å². The lowest BCUT2D eigenvalue weighted by Crippen LogP contribution is -2.54. The van der Waals surface area contributed by atoms with Gasteiger partial charge in [-0.05, 0) is 78.4 Å². The van der Waals surface area contributed by atoms with E-state index in [2.05, 4.69) is 35.1 Å². The maximum atomic E-state index is 13.4. The third-order valence-electron chi connectivity index (χ3n) is 5.16. The van der Waals surface area contributed by atoms with E-state index in [1.54, 1.807) is 11.0 Å². The van der Waals surface area contributed by atoms with Gasteiger partial charge in [0.05, 0.1) is 4.47 Å². The van der Waals surface area contributed by atoms with Gasteiger partial charge in [-0.3, -0.25) is 9.59 Å². The second-order valence-electron chi connectivity index (χ2n) is 9.41. The predicted octanol–water partition coefficient (Wildman–Crippen LogP) is 6.33. The SMILES string of the molecule is CC[C@@H](C(=O)NC(C)(C)C)N(Cc1ccccc1Cl)C(=O)COc1ccc(C(C)C)cc1Br. The molecule has 2 aromatic rings. The van der Waals surface area contributed by atoms with Crippen LogP contribution in [0.5, 0.6) is 5.75 Å². The second kappa shape index (κ2) is 11.9. The highest BCUT2D eigenvalue weighted by Crippen LogP contribution is 2.29. The molecule has 0 fully saturated rings. The summed E-state index contributed by atoms with van der Waals surface area (Å²) >= 11 is 9.90. The highest BCUT2D eigenvalue weighted by atomic mass is 79.9. The van der Waals surface area contributed by atoms with Gasteiger partial charge in [-0.15, -0.1) is 0 Å². The molecule has 0 aliphatic heterocycles. The normalized spacial score (nSPS) is 12.4. The summed E-state index contributed by atoms with van der Waals surface area (Å²) in [6, 6.07) is 12.5. The summed E-state index contributed by atoms with van der Waals surface area (Å²) in [7, 11) is 0. The number of carbonyl (C=O) groups is 2. The molecule has 0 spiro atoms. The summed E-state index contributed by atoms with van der Waals surface area (Å²) < 4.78 is 6.64. The third-order valence-corrected chi connectivity index (χ3v) is 6.14. The van der Waals surface area contributed by atoms with E-state index in [1.807, 2.05) is 64.1 Å². The number of hydrogen-bond donors (Lipinski definition) is 1. The topological polar surface area (TPSA) is 58.6 Å². The number of amides is 2. The highest BCUT2D eigenvalue weighted by molar-refractivity contribution is 9.10. The number of halogens is 2. The molecule has 180 valence electrons. The van der Waals surface area contributed by atoms with E-state index in [4.69, 9.17) is 16.3 Å². The minimum absolute atomic E-state index is 0.191. The number of nitrogens with one attached hydrogen (secondary N) is 1. The van der Waals surface area contributed by atoms with Crippen molar-refractivity contribution in [3.8, 4) is 5.75 Å². The van der Waals surface area contributed by atoms with Crippen molar-refractivity contribution in [1.29, 1.82) is 0 Å². The van der Waals surface area contributed by atoms with Crippen LogP contribution in [0.15, 0.2) is 46.9 Å². The Balaban J connectivity index is 2.27. The predicted molar refractivity (Wildman–Crippen MR) is 138 cm³/mol. The molecule has 0 aromatic heterocycles. The smallest absolute Gasteiger partial charge is 0.261 e. The molecular weight excluding hydrogens is 504 g/mol. The van der Waals surface area contributed by atoms with Crippen LogP contribution in [0.25, 0.3) is 0 Å². The van der Waals surface area contributed by atoms with Crippen LogP contribution < -0.4 is 10.1 Å². The Labute approximate surface area is 211 Å². The number of nitrogens with zero attached hydrogens (tertiary/aromatic N) is 1. The summed E-state index contributed by atoms with van der Waals surface area (Å²) in [6.07, 6.45) is 0.463. The molecular formula is C26H34BrClN2O3. The fourth-order valence-corrected chi connectivity index (χ4v) is 4.10. The molecule has 0 bridgehead atoms. The largest absolute Gasteiger partial charge is 0.483 e. The molecule has 0 saturated carbocycles. The summed E-state index contributed by atoms with van der Waals surface area (Å²) in [5, 5.41) is 3.54. The number of benzene rings is 2. The van der Waals surface area contributed by atoms with E-state index >= 15 is 0 Å². The molecule has 0 saturated heterocycles. The van der Waals surface area contributed by atoms with Crippen LogP contribution in [-0.2, 0) is 16.1 Å². The Morgan fingerprint density at radius 1 is 1.15 bits per heavy atom. The molecule has 0 aliphatic rings. The highest BCUT2D eigenvalue weighted by Gasteiger charge is 2.31.